The third-order valence-electron chi connectivity index (χ3n) is 3.53. The lowest BCUT2D eigenvalue weighted by Crippen LogP contribution is -2.28. The smallest absolute Gasteiger partial charge is 0.258 e. The lowest BCUT2D eigenvalue weighted by atomic mass is 9.99. The van der Waals surface area contributed by atoms with E-state index in [2.05, 4.69) is 31.4 Å². The van der Waals surface area contributed by atoms with Crippen molar-refractivity contribution in [3.63, 3.8) is 0 Å². The van der Waals surface area contributed by atoms with Crippen LogP contribution < -0.4 is 5.32 Å². The summed E-state index contributed by atoms with van der Waals surface area (Å²) in [5.41, 5.74) is 2.14. The van der Waals surface area contributed by atoms with Crippen molar-refractivity contribution in [2.24, 2.45) is 0 Å². The normalized spacial score (nSPS) is 19.6. The zero-order valence-electron chi connectivity index (χ0n) is 10.8. The molecule has 1 saturated heterocycles. The molecule has 1 aromatic carbocycles. The van der Waals surface area contributed by atoms with E-state index in [4.69, 9.17) is 4.52 Å². The van der Waals surface area contributed by atoms with Gasteiger partial charge >= 0.3 is 0 Å². The van der Waals surface area contributed by atoms with E-state index in [0.717, 1.165) is 40.9 Å². The Morgan fingerprint density at radius 1 is 1.42 bits per heavy atom. The van der Waals surface area contributed by atoms with Gasteiger partial charge in [0.1, 0.15) is 0 Å². The van der Waals surface area contributed by atoms with Gasteiger partial charge in [0.15, 0.2) is 5.82 Å². The van der Waals surface area contributed by atoms with Crippen LogP contribution in [0.1, 0.15) is 30.1 Å². The first kappa shape index (κ1) is 12.8. The van der Waals surface area contributed by atoms with E-state index in [1.165, 1.54) is 6.42 Å². The molecule has 0 amide bonds. The van der Waals surface area contributed by atoms with E-state index in [0.29, 0.717) is 11.8 Å². The Kier molecular flexibility index (Phi) is 3.66. The van der Waals surface area contributed by atoms with Crippen molar-refractivity contribution in [1.82, 2.24) is 15.5 Å². The molecule has 1 aliphatic rings. The van der Waals surface area contributed by atoms with Crippen molar-refractivity contribution in [1.29, 1.82) is 0 Å². The molecule has 3 rings (SSSR count). The summed E-state index contributed by atoms with van der Waals surface area (Å²) in [6, 6.07) is 6.08. The highest BCUT2D eigenvalue weighted by Gasteiger charge is 2.21. The van der Waals surface area contributed by atoms with E-state index < -0.39 is 0 Å². The standard InChI is InChI=1S/C14H16BrN3O/c1-9-4-5-11(15)7-12(9)14-17-13(18-19-14)10-3-2-6-16-8-10/h4-5,7,10,16H,2-3,6,8H2,1H3. The van der Waals surface area contributed by atoms with Gasteiger partial charge < -0.3 is 9.84 Å². The largest absolute Gasteiger partial charge is 0.334 e. The average molecular weight is 322 g/mol. The van der Waals surface area contributed by atoms with Crippen LogP contribution in [0.25, 0.3) is 11.5 Å². The number of rotatable bonds is 2. The predicted molar refractivity (Wildman–Crippen MR) is 77.0 cm³/mol. The predicted octanol–water partition coefficient (Wildman–Crippen LogP) is 3.27. The van der Waals surface area contributed by atoms with Gasteiger partial charge in [-0.1, -0.05) is 27.2 Å². The Balaban J connectivity index is 1.89. The summed E-state index contributed by atoms with van der Waals surface area (Å²) in [5.74, 6) is 1.81. The minimum absolute atomic E-state index is 0.374. The van der Waals surface area contributed by atoms with Crippen LogP contribution in [0.15, 0.2) is 27.2 Å². The average Bonchev–Trinajstić information content (AvgIpc) is 2.92. The monoisotopic (exact) mass is 321 g/mol. The molecule has 100 valence electrons. The van der Waals surface area contributed by atoms with Crippen molar-refractivity contribution in [3.05, 3.63) is 34.1 Å². The van der Waals surface area contributed by atoms with Crippen molar-refractivity contribution in [2.75, 3.05) is 13.1 Å². The summed E-state index contributed by atoms with van der Waals surface area (Å²) >= 11 is 3.48. The molecule has 1 fully saturated rings. The lowest BCUT2D eigenvalue weighted by molar-refractivity contribution is 0.393. The molecule has 1 aliphatic heterocycles. The molecular formula is C14H16BrN3O. The Bertz CT molecular complexity index is 576. The lowest BCUT2D eigenvalue weighted by Gasteiger charge is -2.19. The van der Waals surface area contributed by atoms with Crippen molar-refractivity contribution in [2.45, 2.75) is 25.7 Å². The zero-order valence-corrected chi connectivity index (χ0v) is 12.4. The van der Waals surface area contributed by atoms with Crippen LogP contribution in [0.5, 0.6) is 0 Å². The number of halogens is 1. The molecule has 0 aliphatic carbocycles. The Morgan fingerprint density at radius 3 is 3.11 bits per heavy atom. The van der Waals surface area contributed by atoms with Crippen LogP contribution in [0, 0.1) is 6.92 Å². The quantitative estimate of drug-likeness (QED) is 0.922. The number of aromatic nitrogens is 2. The molecule has 2 aromatic rings. The van der Waals surface area contributed by atoms with Crippen LogP contribution in [0.3, 0.4) is 0 Å². The van der Waals surface area contributed by atoms with Crippen LogP contribution >= 0.6 is 15.9 Å². The van der Waals surface area contributed by atoms with Crippen LogP contribution in [0.2, 0.25) is 0 Å². The number of benzene rings is 1. The van der Waals surface area contributed by atoms with Gasteiger partial charge in [-0.3, -0.25) is 0 Å². The van der Waals surface area contributed by atoms with Crippen LogP contribution in [-0.4, -0.2) is 23.2 Å². The summed E-state index contributed by atoms with van der Waals surface area (Å²) in [7, 11) is 0. The van der Waals surface area contributed by atoms with E-state index in [-0.39, 0.29) is 0 Å². The number of hydrogen-bond donors (Lipinski definition) is 1. The van der Waals surface area contributed by atoms with Crippen molar-refractivity contribution in [3.8, 4) is 11.5 Å². The summed E-state index contributed by atoms with van der Waals surface area (Å²) in [5, 5.41) is 7.52. The molecule has 2 heterocycles. The fourth-order valence-electron chi connectivity index (χ4n) is 2.41. The summed E-state index contributed by atoms with van der Waals surface area (Å²) in [4.78, 5) is 4.57. The molecule has 0 bridgehead atoms. The van der Waals surface area contributed by atoms with Gasteiger partial charge in [0.2, 0.25) is 0 Å². The maximum Gasteiger partial charge on any atom is 0.258 e. The highest BCUT2D eigenvalue weighted by molar-refractivity contribution is 9.10. The highest BCUT2D eigenvalue weighted by Crippen LogP contribution is 2.28. The number of hydrogen-bond acceptors (Lipinski definition) is 4. The zero-order chi connectivity index (χ0) is 13.2. The van der Waals surface area contributed by atoms with Crippen LogP contribution in [-0.2, 0) is 0 Å². The molecule has 0 saturated carbocycles. The van der Waals surface area contributed by atoms with E-state index in [1.807, 2.05) is 25.1 Å². The summed E-state index contributed by atoms with van der Waals surface area (Å²) in [6.45, 7) is 4.08. The summed E-state index contributed by atoms with van der Waals surface area (Å²) < 4.78 is 6.45. The first-order valence-electron chi connectivity index (χ1n) is 6.55. The molecule has 1 atom stereocenters. The number of nitrogens with one attached hydrogen (secondary N) is 1. The van der Waals surface area contributed by atoms with Gasteiger partial charge in [0.05, 0.1) is 0 Å². The number of aryl methyl sites for hydroxylation is 1. The van der Waals surface area contributed by atoms with Gasteiger partial charge in [-0.25, -0.2) is 0 Å². The molecule has 5 heteroatoms. The molecule has 0 radical (unpaired) electrons. The SMILES string of the molecule is Cc1ccc(Br)cc1-c1nc(C2CCCNC2)no1. The first-order valence-corrected chi connectivity index (χ1v) is 7.34. The molecule has 1 aromatic heterocycles. The molecule has 19 heavy (non-hydrogen) atoms. The maximum absolute atomic E-state index is 5.43. The third kappa shape index (κ3) is 2.72. The summed E-state index contributed by atoms with van der Waals surface area (Å²) in [6.07, 6.45) is 2.30. The molecular weight excluding hydrogens is 306 g/mol. The fraction of sp³-hybridized carbons (Fsp3) is 0.429. The van der Waals surface area contributed by atoms with Crippen molar-refractivity contribution >= 4 is 15.9 Å². The van der Waals surface area contributed by atoms with Crippen LogP contribution in [0.4, 0.5) is 0 Å². The Morgan fingerprint density at radius 2 is 2.32 bits per heavy atom. The van der Waals surface area contributed by atoms with E-state index in [1.54, 1.807) is 0 Å². The van der Waals surface area contributed by atoms with Crippen molar-refractivity contribution < 1.29 is 4.52 Å². The number of piperidine rings is 1. The fourth-order valence-corrected chi connectivity index (χ4v) is 2.77. The molecule has 0 spiro atoms. The van der Waals surface area contributed by atoms with E-state index >= 15 is 0 Å². The Labute approximate surface area is 120 Å². The van der Waals surface area contributed by atoms with Gasteiger partial charge in [0, 0.05) is 22.5 Å². The van der Waals surface area contributed by atoms with Gasteiger partial charge in [-0.2, -0.15) is 4.98 Å². The second kappa shape index (κ2) is 5.43. The number of nitrogens with zero attached hydrogens (tertiary/aromatic N) is 2. The Hall–Kier alpha value is -1.20. The van der Waals surface area contributed by atoms with Gasteiger partial charge in [-0.15, -0.1) is 0 Å². The molecule has 1 unspecified atom stereocenters. The van der Waals surface area contributed by atoms with E-state index in [9.17, 15) is 0 Å². The maximum atomic E-state index is 5.43. The second-order valence-electron chi connectivity index (χ2n) is 4.96. The third-order valence-corrected chi connectivity index (χ3v) is 4.03. The minimum atomic E-state index is 0.374. The highest BCUT2D eigenvalue weighted by atomic mass is 79.9. The molecule has 4 nitrogen and oxygen atoms in total. The minimum Gasteiger partial charge on any atom is -0.334 e. The molecule has 1 N–H and O–H groups in total. The first-order chi connectivity index (χ1) is 9.24. The van der Waals surface area contributed by atoms with Gasteiger partial charge in [0.25, 0.3) is 5.89 Å². The van der Waals surface area contributed by atoms with Gasteiger partial charge in [-0.05, 0) is 44.0 Å². The topological polar surface area (TPSA) is 51.0 Å². The second-order valence-corrected chi connectivity index (χ2v) is 5.88.